The Hall–Kier alpha value is -0.160. The van der Waals surface area contributed by atoms with Gasteiger partial charge in [0, 0.05) is 32.3 Å². The van der Waals surface area contributed by atoms with E-state index in [1.807, 2.05) is 0 Å². The number of aliphatic hydroxyl groups is 2. The lowest BCUT2D eigenvalue weighted by atomic mass is 9.73. The molecule has 0 aliphatic heterocycles. The topological polar surface area (TPSA) is 58.9 Å². The van der Waals surface area contributed by atoms with Crippen molar-refractivity contribution in [3.63, 3.8) is 0 Å². The van der Waals surface area contributed by atoms with Gasteiger partial charge in [-0.2, -0.15) is 0 Å². The minimum Gasteiger partial charge on any atom is -0.396 e. The van der Waals surface area contributed by atoms with E-state index in [-0.39, 0.29) is 18.6 Å². The smallest absolute Gasteiger partial charge is 0.0512 e. The molecule has 0 bridgehead atoms. The third-order valence-corrected chi connectivity index (χ3v) is 4.23. The van der Waals surface area contributed by atoms with Crippen molar-refractivity contribution in [2.75, 3.05) is 40.1 Å². The van der Waals surface area contributed by atoms with Gasteiger partial charge in [-0.3, -0.25) is 0 Å². The summed E-state index contributed by atoms with van der Waals surface area (Å²) in [7, 11) is 1.68. The van der Waals surface area contributed by atoms with Crippen molar-refractivity contribution in [2.45, 2.75) is 38.5 Å². The molecule has 1 aliphatic carbocycles. The van der Waals surface area contributed by atoms with Gasteiger partial charge in [-0.25, -0.2) is 0 Å². The first-order valence-electron chi connectivity index (χ1n) is 7.07. The van der Waals surface area contributed by atoms with Gasteiger partial charge in [0.25, 0.3) is 0 Å². The molecule has 1 fully saturated rings. The summed E-state index contributed by atoms with van der Waals surface area (Å²) >= 11 is 0. The molecule has 0 saturated heterocycles. The average Bonchev–Trinajstić information content (AvgIpc) is 2.93. The summed E-state index contributed by atoms with van der Waals surface area (Å²) < 4.78 is 10.5. The van der Waals surface area contributed by atoms with Crippen LogP contribution in [0.4, 0.5) is 0 Å². The van der Waals surface area contributed by atoms with E-state index in [0.717, 1.165) is 25.7 Å². The molecule has 1 rings (SSSR count). The molecular formula is C14H28O4. The minimum atomic E-state index is -0.336. The second-order valence-corrected chi connectivity index (χ2v) is 5.37. The highest BCUT2D eigenvalue weighted by Crippen LogP contribution is 2.41. The SMILES string of the molecule is COCCCOCCC(CO)(CO)C1CCCC1. The standard InChI is InChI=1S/C14H28O4/c1-17-8-4-9-18-10-7-14(11-15,12-16)13-5-2-3-6-13/h13,15-16H,2-12H2,1H3. The maximum absolute atomic E-state index is 9.64. The van der Waals surface area contributed by atoms with Crippen molar-refractivity contribution < 1.29 is 19.7 Å². The number of hydrogen-bond donors (Lipinski definition) is 2. The zero-order valence-corrected chi connectivity index (χ0v) is 11.6. The van der Waals surface area contributed by atoms with E-state index < -0.39 is 0 Å². The number of ether oxygens (including phenoxy) is 2. The second kappa shape index (κ2) is 8.86. The molecule has 0 spiro atoms. The maximum atomic E-state index is 9.64. The first kappa shape index (κ1) is 15.9. The van der Waals surface area contributed by atoms with Gasteiger partial charge in [0.05, 0.1) is 13.2 Å². The van der Waals surface area contributed by atoms with Gasteiger partial charge in [-0.05, 0) is 31.6 Å². The number of aliphatic hydroxyl groups excluding tert-OH is 2. The normalized spacial score (nSPS) is 17.5. The minimum absolute atomic E-state index is 0.0651. The molecule has 0 unspecified atom stereocenters. The fourth-order valence-corrected chi connectivity index (χ4v) is 2.89. The van der Waals surface area contributed by atoms with Crippen molar-refractivity contribution >= 4 is 0 Å². The van der Waals surface area contributed by atoms with Gasteiger partial charge in [-0.1, -0.05) is 12.8 Å². The predicted octanol–water partition coefficient (Wildman–Crippen LogP) is 1.59. The Morgan fingerprint density at radius 1 is 1.06 bits per heavy atom. The molecule has 4 nitrogen and oxygen atoms in total. The summed E-state index contributed by atoms with van der Waals surface area (Å²) in [5.41, 5.74) is -0.336. The maximum Gasteiger partial charge on any atom is 0.0512 e. The van der Waals surface area contributed by atoms with Crippen LogP contribution in [-0.4, -0.2) is 50.4 Å². The summed E-state index contributed by atoms with van der Waals surface area (Å²) in [4.78, 5) is 0. The molecule has 0 heterocycles. The van der Waals surface area contributed by atoms with E-state index in [4.69, 9.17) is 9.47 Å². The van der Waals surface area contributed by atoms with Crippen LogP contribution >= 0.6 is 0 Å². The lowest BCUT2D eigenvalue weighted by Gasteiger charge is -2.36. The molecule has 2 N–H and O–H groups in total. The Balaban J connectivity index is 2.28. The molecular weight excluding hydrogens is 232 g/mol. The number of methoxy groups -OCH3 is 1. The van der Waals surface area contributed by atoms with E-state index in [1.54, 1.807) is 7.11 Å². The molecule has 0 aromatic rings. The molecule has 0 aromatic heterocycles. The molecule has 18 heavy (non-hydrogen) atoms. The predicted molar refractivity (Wildman–Crippen MR) is 70.5 cm³/mol. The monoisotopic (exact) mass is 260 g/mol. The Labute approximate surface area is 110 Å². The highest BCUT2D eigenvalue weighted by molar-refractivity contribution is 4.88. The summed E-state index contributed by atoms with van der Waals surface area (Å²) in [5.74, 6) is 0.454. The van der Waals surface area contributed by atoms with E-state index in [2.05, 4.69) is 0 Å². The van der Waals surface area contributed by atoms with Gasteiger partial charge >= 0.3 is 0 Å². The van der Waals surface area contributed by atoms with Crippen LogP contribution in [0.3, 0.4) is 0 Å². The van der Waals surface area contributed by atoms with Crippen LogP contribution in [0.5, 0.6) is 0 Å². The molecule has 0 amide bonds. The van der Waals surface area contributed by atoms with Crippen LogP contribution in [0, 0.1) is 11.3 Å². The van der Waals surface area contributed by atoms with E-state index in [1.165, 1.54) is 12.8 Å². The van der Waals surface area contributed by atoms with Crippen LogP contribution in [0.25, 0.3) is 0 Å². The van der Waals surface area contributed by atoms with Gasteiger partial charge in [0.1, 0.15) is 0 Å². The van der Waals surface area contributed by atoms with Crippen molar-refractivity contribution in [3.8, 4) is 0 Å². The summed E-state index contributed by atoms with van der Waals surface area (Å²) in [6.45, 7) is 2.14. The van der Waals surface area contributed by atoms with Gasteiger partial charge in [-0.15, -0.1) is 0 Å². The van der Waals surface area contributed by atoms with Crippen molar-refractivity contribution in [1.29, 1.82) is 0 Å². The van der Waals surface area contributed by atoms with Gasteiger partial charge < -0.3 is 19.7 Å². The number of rotatable bonds is 10. The lowest BCUT2D eigenvalue weighted by Crippen LogP contribution is -2.38. The summed E-state index contributed by atoms with van der Waals surface area (Å²) in [6, 6.07) is 0. The van der Waals surface area contributed by atoms with Crippen LogP contribution in [0.1, 0.15) is 38.5 Å². The lowest BCUT2D eigenvalue weighted by molar-refractivity contribution is -0.0251. The second-order valence-electron chi connectivity index (χ2n) is 5.37. The Morgan fingerprint density at radius 2 is 1.72 bits per heavy atom. The first-order chi connectivity index (χ1) is 8.79. The van der Waals surface area contributed by atoms with E-state index in [0.29, 0.717) is 25.7 Å². The highest BCUT2D eigenvalue weighted by Gasteiger charge is 2.38. The largest absolute Gasteiger partial charge is 0.396 e. The van der Waals surface area contributed by atoms with Crippen molar-refractivity contribution in [3.05, 3.63) is 0 Å². The number of hydrogen-bond acceptors (Lipinski definition) is 4. The Morgan fingerprint density at radius 3 is 2.28 bits per heavy atom. The molecule has 1 aliphatic rings. The zero-order valence-electron chi connectivity index (χ0n) is 11.6. The highest BCUT2D eigenvalue weighted by atomic mass is 16.5. The Kier molecular flexibility index (Phi) is 7.82. The molecule has 1 saturated carbocycles. The average molecular weight is 260 g/mol. The van der Waals surface area contributed by atoms with Crippen molar-refractivity contribution in [2.24, 2.45) is 11.3 Å². The molecule has 108 valence electrons. The third kappa shape index (κ3) is 4.50. The summed E-state index contributed by atoms with van der Waals surface area (Å²) in [6.07, 6.45) is 6.35. The molecule has 0 atom stereocenters. The molecule has 0 radical (unpaired) electrons. The van der Waals surface area contributed by atoms with Crippen molar-refractivity contribution in [1.82, 2.24) is 0 Å². The molecule has 0 aromatic carbocycles. The van der Waals surface area contributed by atoms with Gasteiger partial charge in [0.15, 0.2) is 0 Å². The van der Waals surface area contributed by atoms with E-state index >= 15 is 0 Å². The third-order valence-electron chi connectivity index (χ3n) is 4.23. The fraction of sp³-hybridized carbons (Fsp3) is 1.00. The summed E-state index contributed by atoms with van der Waals surface area (Å²) in [5, 5.41) is 19.3. The fourth-order valence-electron chi connectivity index (χ4n) is 2.89. The first-order valence-corrected chi connectivity index (χ1v) is 7.07. The van der Waals surface area contributed by atoms with Crippen LogP contribution in [0.15, 0.2) is 0 Å². The van der Waals surface area contributed by atoms with Gasteiger partial charge in [0.2, 0.25) is 0 Å². The zero-order chi connectivity index (χ0) is 13.3. The Bertz CT molecular complexity index is 198. The van der Waals surface area contributed by atoms with Crippen LogP contribution < -0.4 is 0 Å². The van der Waals surface area contributed by atoms with Crippen LogP contribution in [0.2, 0.25) is 0 Å². The van der Waals surface area contributed by atoms with Crippen LogP contribution in [-0.2, 0) is 9.47 Å². The molecule has 4 heteroatoms. The quantitative estimate of drug-likeness (QED) is 0.586. The van der Waals surface area contributed by atoms with E-state index in [9.17, 15) is 10.2 Å².